The van der Waals surface area contributed by atoms with Gasteiger partial charge in [-0.1, -0.05) is 24.3 Å². The Morgan fingerprint density at radius 2 is 2.20 bits per heavy atom. The molecule has 1 heterocycles. The van der Waals surface area contributed by atoms with Crippen molar-refractivity contribution in [3.05, 3.63) is 58.0 Å². The summed E-state index contributed by atoms with van der Waals surface area (Å²) in [7, 11) is 2.03. The van der Waals surface area contributed by atoms with E-state index >= 15 is 0 Å². The first kappa shape index (κ1) is 13.9. The predicted molar refractivity (Wildman–Crippen MR) is 84.9 cm³/mol. The molecule has 0 saturated heterocycles. The van der Waals surface area contributed by atoms with Gasteiger partial charge in [0.2, 0.25) is 0 Å². The van der Waals surface area contributed by atoms with Crippen LogP contribution in [0.25, 0.3) is 0 Å². The highest BCUT2D eigenvalue weighted by Gasteiger charge is 2.25. The Kier molecular flexibility index (Phi) is 4.27. The van der Waals surface area contributed by atoms with Gasteiger partial charge in [0.1, 0.15) is 0 Å². The summed E-state index contributed by atoms with van der Waals surface area (Å²) in [5.74, 6) is 0.638. The number of furan rings is 1. The second-order valence-electron chi connectivity index (χ2n) is 5.51. The van der Waals surface area contributed by atoms with Crippen molar-refractivity contribution in [2.75, 3.05) is 7.05 Å². The van der Waals surface area contributed by atoms with Crippen LogP contribution in [0.1, 0.15) is 47.9 Å². The van der Waals surface area contributed by atoms with Gasteiger partial charge >= 0.3 is 0 Å². The van der Waals surface area contributed by atoms with E-state index in [4.69, 9.17) is 4.42 Å². The van der Waals surface area contributed by atoms with Crippen molar-refractivity contribution in [3.63, 3.8) is 0 Å². The van der Waals surface area contributed by atoms with Crippen molar-refractivity contribution in [1.82, 2.24) is 5.32 Å². The van der Waals surface area contributed by atoms with Crippen LogP contribution < -0.4 is 5.32 Å². The number of aryl methyl sites for hydroxylation is 1. The molecule has 2 aromatic rings. The predicted octanol–water partition coefficient (Wildman–Crippen LogP) is 4.81. The van der Waals surface area contributed by atoms with Gasteiger partial charge < -0.3 is 9.73 Å². The number of benzene rings is 1. The molecule has 3 rings (SSSR count). The van der Waals surface area contributed by atoms with Crippen LogP contribution in [0.4, 0.5) is 0 Å². The van der Waals surface area contributed by atoms with Gasteiger partial charge in [0.25, 0.3) is 0 Å². The molecule has 2 nitrogen and oxygen atoms in total. The summed E-state index contributed by atoms with van der Waals surface area (Å²) >= 11 is 3.50. The van der Waals surface area contributed by atoms with Crippen LogP contribution in [0.3, 0.4) is 0 Å². The largest absolute Gasteiger partial charge is 0.457 e. The van der Waals surface area contributed by atoms with Crippen molar-refractivity contribution in [3.8, 4) is 0 Å². The molecule has 0 saturated carbocycles. The lowest BCUT2D eigenvalue weighted by molar-refractivity contribution is 0.432. The standard InChI is InChI=1S/C17H20BrNO/c1-19-16(15-9-10-20-17(15)18)11-13-7-4-6-12-5-2-3-8-14(12)13/h2-3,5,8-10,13,16,19H,4,6-7,11H2,1H3. The SMILES string of the molecule is CNC(CC1CCCc2ccccc21)c1ccoc1Br. The fourth-order valence-electron chi connectivity index (χ4n) is 3.34. The maximum atomic E-state index is 5.38. The Hall–Kier alpha value is -1.06. The molecule has 1 aliphatic rings. The van der Waals surface area contributed by atoms with E-state index in [0.29, 0.717) is 12.0 Å². The minimum absolute atomic E-state index is 0.333. The quantitative estimate of drug-likeness (QED) is 0.868. The molecule has 0 bridgehead atoms. The molecule has 0 fully saturated rings. The van der Waals surface area contributed by atoms with Gasteiger partial charge in [-0.2, -0.15) is 0 Å². The molecule has 20 heavy (non-hydrogen) atoms. The van der Waals surface area contributed by atoms with Crippen molar-refractivity contribution in [1.29, 1.82) is 0 Å². The molecule has 2 atom stereocenters. The molecule has 1 aliphatic carbocycles. The first-order valence-electron chi connectivity index (χ1n) is 7.27. The zero-order chi connectivity index (χ0) is 13.9. The van der Waals surface area contributed by atoms with Crippen molar-refractivity contribution >= 4 is 15.9 Å². The van der Waals surface area contributed by atoms with E-state index in [-0.39, 0.29) is 0 Å². The smallest absolute Gasteiger partial charge is 0.173 e. The number of hydrogen-bond donors (Lipinski definition) is 1. The van der Waals surface area contributed by atoms with Crippen LogP contribution in [-0.2, 0) is 6.42 Å². The van der Waals surface area contributed by atoms with Crippen LogP contribution in [0.15, 0.2) is 45.7 Å². The number of fused-ring (bicyclic) bond motifs is 1. The van der Waals surface area contributed by atoms with E-state index in [2.05, 4.69) is 51.6 Å². The van der Waals surface area contributed by atoms with Gasteiger partial charge in [-0.15, -0.1) is 0 Å². The van der Waals surface area contributed by atoms with Gasteiger partial charge in [0, 0.05) is 11.6 Å². The van der Waals surface area contributed by atoms with Crippen LogP contribution >= 0.6 is 15.9 Å². The summed E-state index contributed by atoms with van der Waals surface area (Å²) in [5, 5.41) is 3.43. The van der Waals surface area contributed by atoms with Gasteiger partial charge in [-0.3, -0.25) is 0 Å². The fourth-order valence-corrected chi connectivity index (χ4v) is 3.85. The van der Waals surface area contributed by atoms with E-state index in [1.165, 1.54) is 30.4 Å². The number of hydrogen-bond acceptors (Lipinski definition) is 2. The number of halogens is 1. The summed E-state index contributed by atoms with van der Waals surface area (Å²) in [4.78, 5) is 0. The zero-order valence-corrected chi connectivity index (χ0v) is 13.3. The Morgan fingerprint density at radius 3 is 2.95 bits per heavy atom. The molecule has 0 aliphatic heterocycles. The lowest BCUT2D eigenvalue weighted by Crippen LogP contribution is -2.21. The van der Waals surface area contributed by atoms with Gasteiger partial charge in [0.05, 0.1) is 6.26 Å². The minimum Gasteiger partial charge on any atom is -0.457 e. The summed E-state index contributed by atoms with van der Waals surface area (Å²) in [6.45, 7) is 0. The van der Waals surface area contributed by atoms with E-state index < -0.39 is 0 Å². The lowest BCUT2D eigenvalue weighted by atomic mass is 9.79. The average molecular weight is 334 g/mol. The van der Waals surface area contributed by atoms with Gasteiger partial charge in [0.15, 0.2) is 4.67 Å². The van der Waals surface area contributed by atoms with Gasteiger partial charge in [-0.05, 0) is 71.8 Å². The molecule has 1 aromatic heterocycles. The summed E-state index contributed by atoms with van der Waals surface area (Å²) < 4.78 is 6.23. The molecule has 3 heteroatoms. The Balaban J connectivity index is 1.82. The first-order valence-corrected chi connectivity index (χ1v) is 8.07. The zero-order valence-electron chi connectivity index (χ0n) is 11.7. The van der Waals surface area contributed by atoms with E-state index in [1.807, 2.05) is 7.05 Å². The highest BCUT2D eigenvalue weighted by Crippen LogP contribution is 2.39. The second kappa shape index (κ2) is 6.15. The molecular formula is C17H20BrNO. The fraction of sp³-hybridized carbons (Fsp3) is 0.412. The molecular weight excluding hydrogens is 314 g/mol. The van der Waals surface area contributed by atoms with Crippen molar-refractivity contribution in [2.24, 2.45) is 0 Å². The monoisotopic (exact) mass is 333 g/mol. The maximum Gasteiger partial charge on any atom is 0.173 e. The third-order valence-electron chi connectivity index (χ3n) is 4.38. The minimum atomic E-state index is 0.333. The Morgan fingerprint density at radius 1 is 1.35 bits per heavy atom. The molecule has 2 unspecified atom stereocenters. The lowest BCUT2D eigenvalue weighted by Gasteiger charge is -2.28. The first-order chi connectivity index (χ1) is 9.79. The van der Waals surface area contributed by atoms with E-state index in [9.17, 15) is 0 Å². The highest BCUT2D eigenvalue weighted by atomic mass is 79.9. The topological polar surface area (TPSA) is 25.2 Å². The third kappa shape index (κ3) is 2.70. The molecule has 106 valence electrons. The summed E-state index contributed by atoms with van der Waals surface area (Å²) in [5.41, 5.74) is 4.29. The average Bonchev–Trinajstić information content (AvgIpc) is 2.91. The van der Waals surface area contributed by atoms with E-state index in [0.717, 1.165) is 11.1 Å². The molecule has 0 amide bonds. The molecule has 1 aromatic carbocycles. The number of rotatable bonds is 4. The molecule has 0 radical (unpaired) electrons. The van der Waals surface area contributed by atoms with Crippen LogP contribution in [0.5, 0.6) is 0 Å². The molecule has 1 N–H and O–H groups in total. The maximum absolute atomic E-state index is 5.38. The molecule has 0 spiro atoms. The highest BCUT2D eigenvalue weighted by molar-refractivity contribution is 9.10. The number of nitrogens with one attached hydrogen (secondary N) is 1. The second-order valence-corrected chi connectivity index (χ2v) is 6.23. The van der Waals surface area contributed by atoms with Crippen LogP contribution in [-0.4, -0.2) is 7.05 Å². The van der Waals surface area contributed by atoms with Crippen molar-refractivity contribution in [2.45, 2.75) is 37.6 Å². The summed E-state index contributed by atoms with van der Waals surface area (Å²) in [6.07, 6.45) is 6.67. The van der Waals surface area contributed by atoms with Crippen molar-refractivity contribution < 1.29 is 4.42 Å². The van der Waals surface area contributed by atoms with Crippen LogP contribution in [0.2, 0.25) is 0 Å². The third-order valence-corrected chi connectivity index (χ3v) is 5.03. The Bertz CT molecular complexity index is 578. The summed E-state index contributed by atoms with van der Waals surface area (Å²) in [6, 6.07) is 11.3. The normalized spacial score (nSPS) is 19.6. The van der Waals surface area contributed by atoms with Crippen LogP contribution in [0, 0.1) is 0 Å². The Labute approximate surface area is 128 Å². The van der Waals surface area contributed by atoms with Gasteiger partial charge in [-0.25, -0.2) is 0 Å². The van der Waals surface area contributed by atoms with E-state index in [1.54, 1.807) is 11.8 Å².